The number of aromatic nitrogens is 1. The summed E-state index contributed by atoms with van der Waals surface area (Å²) in [6.45, 7) is 0. The van der Waals surface area contributed by atoms with E-state index in [1.807, 2.05) is 18.2 Å². The first-order valence-electron chi connectivity index (χ1n) is 11.1. The zero-order valence-electron chi connectivity index (χ0n) is 18.7. The van der Waals surface area contributed by atoms with Crippen LogP contribution in [0.25, 0.3) is 32.8 Å². The number of benzene rings is 3. The highest BCUT2D eigenvalue weighted by atomic mass is 79.9. The van der Waals surface area contributed by atoms with Crippen LogP contribution in [0.5, 0.6) is 11.5 Å². The third-order valence-electron chi connectivity index (χ3n) is 6.24. The predicted molar refractivity (Wildman–Crippen MR) is 146 cm³/mol. The Morgan fingerprint density at radius 2 is 1.24 bits per heavy atom. The van der Waals surface area contributed by atoms with E-state index in [1.165, 1.54) is 0 Å². The number of hydrogen-bond donors (Lipinski definition) is 2. The summed E-state index contributed by atoms with van der Waals surface area (Å²) < 4.78 is 12.4. The van der Waals surface area contributed by atoms with Crippen LogP contribution in [0.2, 0.25) is 0 Å². The fraction of sp³-hybridized carbons (Fsp3) is 0.0357. The van der Waals surface area contributed by atoms with Gasteiger partial charge in [0, 0.05) is 14.3 Å². The van der Waals surface area contributed by atoms with Crippen LogP contribution in [0.3, 0.4) is 0 Å². The third-order valence-corrected chi connectivity index (χ3v) is 7.23. The molecule has 37 heavy (non-hydrogen) atoms. The number of halogens is 2. The molecule has 6 aromatic rings. The van der Waals surface area contributed by atoms with Gasteiger partial charge in [0.2, 0.25) is 0 Å². The van der Waals surface area contributed by atoms with Gasteiger partial charge in [0.15, 0.2) is 0 Å². The lowest BCUT2D eigenvalue weighted by Crippen LogP contribution is -2.22. The highest BCUT2D eigenvalue weighted by molar-refractivity contribution is 9.10. The van der Waals surface area contributed by atoms with Crippen LogP contribution in [0.4, 0.5) is 0 Å². The summed E-state index contributed by atoms with van der Waals surface area (Å²) in [5, 5.41) is 24.1. The SMILES string of the molecule is O=c1oc2ccc(Br)cc2c(O)c1C(c1ccc2ccccc2n1)c1c(O)c2cc(Br)ccc2oc1=O. The van der Waals surface area contributed by atoms with Gasteiger partial charge in [-0.15, -0.1) is 0 Å². The van der Waals surface area contributed by atoms with Crippen molar-refractivity contribution < 1.29 is 19.0 Å². The number of fused-ring (bicyclic) bond motifs is 3. The van der Waals surface area contributed by atoms with Crippen molar-refractivity contribution in [3.05, 3.63) is 119 Å². The van der Waals surface area contributed by atoms with Gasteiger partial charge < -0.3 is 19.0 Å². The molecule has 0 spiro atoms. The van der Waals surface area contributed by atoms with Gasteiger partial charge in [-0.2, -0.15) is 0 Å². The molecule has 3 aromatic carbocycles. The molecule has 0 atom stereocenters. The first-order valence-corrected chi connectivity index (χ1v) is 12.7. The maximum atomic E-state index is 13.3. The average Bonchev–Trinajstić information content (AvgIpc) is 2.88. The standard InChI is InChI=1S/C28H15Br2NO6/c29-14-6-9-20-16(11-14)25(32)23(27(34)36-20)22(19-8-5-13-3-1-2-4-18(13)31-19)24-26(33)17-12-15(30)7-10-21(17)37-28(24)35/h1-12,22,32-33H. The number of para-hydroxylation sites is 1. The molecule has 0 radical (unpaired) electrons. The van der Waals surface area contributed by atoms with Crippen molar-refractivity contribution in [1.29, 1.82) is 0 Å². The van der Waals surface area contributed by atoms with Gasteiger partial charge in [-0.3, -0.25) is 4.98 Å². The van der Waals surface area contributed by atoms with Gasteiger partial charge in [0.1, 0.15) is 22.7 Å². The molecular formula is C28H15Br2NO6. The highest BCUT2D eigenvalue weighted by Gasteiger charge is 2.33. The van der Waals surface area contributed by atoms with Crippen LogP contribution in [-0.2, 0) is 0 Å². The lowest BCUT2D eigenvalue weighted by Gasteiger charge is -2.19. The van der Waals surface area contributed by atoms with Crippen LogP contribution in [-0.4, -0.2) is 15.2 Å². The van der Waals surface area contributed by atoms with Gasteiger partial charge in [0.25, 0.3) is 0 Å². The number of nitrogens with zero attached hydrogens (tertiary/aromatic N) is 1. The summed E-state index contributed by atoms with van der Waals surface area (Å²) in [7, 11) is 0. The van der Waals surface area contributed by atoms with Crippen molar-refractivity contribution in [2.75, 3.05) is 0 Å². The van der Waals surface area contributed by atoms with E-state index in [-0.39, 0.29) is 50.3 Å². The molecule has 0 aliphatic carbocycles. The molecule has 0 amide bonds. The second-order valence-corrected chi connectivity index (χ2v) is 10.3. The molecule has 0 aliphatic heterocycles. The second-order valence-electron chi connectivity index (χ2n) is 8.45. The van der Waals surface area contributed by atoms with Crippen molar-refractivity contribution in [2.45, 2.75) is 5.92 Å². The summed E-state index contributed by atoms with van der Waals surface area (Å²) in [6, 6.07) is 20.4. The minimum atomic E-state index is -1.30. The largest absolute Gasteiger partial charge is 0.507 e. The smallest absolute Gasteiger partial charge is 0.344 e. The Labute approximate surface area is 224 Å². The fourth-order valence-electron chi connectivity index (χ4n) is 4.54. The molecule has 0 fully saturated rings. The van der Waals surface area contributed by atoms with Crippen molar-refractivity contribution in [3.63, 3.8) is 0 Å². The molecule has 0 saturated heterocycles. The summed E-state index contributed by atoms with van der Waals surface area (Å²) in [6.07, 6.45) is 0. The van der Waals surface area contributed by atoms with E-state index in [9.17, 15) is 19.8 Å². The Balaban J connectivity index is 1.75. The Morgan fingerprint density at radius 1 is 0.703 bits per heavy atom. The van der Waals surface area contributed by atoms with Crippen molar-refractivity contribution in [2.24, 2.45) is 0 Å². The van der Waals surface area contributed by atoms with E-state index in [0.29, 0.717) is 14.5 Å². The van der Waals surface area contributed by atoms with Crippen LogP contribution < -0.4 is 11.3 Å². The Morgan fingerprint density at radius 3 is 1.81 bits per heavy atom. The van der Waals surface area contributed by atoms with E-state index in [0.717, 1.165) is 5.39 Å². The van der Waals surface area contributed by atoms with E-state index < -0.39 is 17.2 Å². The summed E-state index contributed by atoms with van der Waals surface area (Å²) in [4.78, 5) is 31.4. The molecular weight excluding hydrogens is 606 g/mol. The molecule has 9 heteroatoms. The van der Waals surface area contributed by atoms with Crippen LogP contribution >= 0.6 is 31.9 Å². The molecule has 6 rings (SSSR count). The zero-order chi connectivity index (χ0) is 25.8. The first-order chi connectivity index (χ1) is 17.8. The van der Waals surface area contributed by atoms with Crippen molar-refractivity contribution in [1.82, 2.24) is 4.98 Å². The molecule has 0 unspecified atom stereocenters. The second kappa shape index (κ2) is 8.86. The molecule has 0 aliphatic rings. The van der Waals surface area contributed by atoms with Gasteiger partial charge in [-0.1, -0.05) is 56.1 Å². The number of hydrogen-bond acceptors (Lipinski definition) is 7. The average molecular weight is 621 g/mol. The third kappa shape index (κ3) is 3.91. The molecule has 7 nitrogen and oxygen atoms in total. The fourth-order valence-corrected chi connectivity index (χ4v) is 5.26. The predicted octanol–water partition coefficient (Wildman–Crippen LogP) is 6.56. The van der Waals surface area contributed by atoms with Crippen molar-refractivity contribution >= 4 is 64.7 Å². The maximum absolute atomic E-state index is 13.3. The molecule has 3 aromatic heterocycles. The zero-order valence-corrected chi connectivity index (χ0v) is 21.9. The van der Waals surface area contributed by atoms with Crippen molar-refractivity contribution in [3.8, 4) is 11.5 Å². The van der Waals surface area contributed by atoms with Gasteiger partial charge >= 0.3 is 11.3 Å². The van der Waals surface area contributed by atoms with Crippen LogP contribution in [0.1, 0.15) is 22.7 Å². The minimum absolute atomic E-state index is 0.165. The van der Waals surface area contributed by atoms with Gasteiger partial charge in [-0.25, -0.2) is 9.59 Å². The molecule has 0 saturated carbocycles. The summed E-state index contributed by atoms with van der Waals surface area (Å²) >= 11 is 6.74. The highest BCUT2D eigenvalue weighted by Crippen LogP contribution is 2.42. The van der Waals surface area contributed by atoms with E-state index >= 15 is 0 Å². The van der Waals surface area contributed by atoms with Crippen LogP contribution in [0.15, 0.2) is 100 Å². The lowest BCUT2D eigenvalue weighted by molar-refractivity contribution is 0.440. The van der Waals surface area contributed by atoms with Gasteiger partial charge in [-0.05, 0) is 48.5 Å². The molecule has 182 valence electrons. The molecule has 3 heterocycles. The maximum Gasteiger partial charge on any atom is 0.344 e. The Hall–Kier alpha value is -3.95. The number of rotatable bonds is 3. The minimum Gasteiger partial charge on any atom is -0.507 e. The molecule has 0 bridgehead atoms. The monoisotopic (exact) mass is 619 g/mol. The van der Waals surface area contributed by atoms with Gasteiger partial charge in [0.05, 0.1) is 39.0 Å². The Bertz CT molecular complexity index is 1890. The topological polar surface area (TPSA) is 114 Å². The quantitative estimate of drug-likeness (QED) is 0.215. The number of aromatic hydroxyl groups is 2. The van der Waals surface area contributed by atoms with Crippen LogP contribution in [0, 0.1) is 0 Å². The Kier molecular flexibility index (Phi) is 5.62. The van der Waals surface area contributed by atoms with E-state index in [1.54, 1.807) is 54.6 Å². The molecule has 2 N–H and O–H groups in total. The normalized spacial score (nSPS) is 11.6. The van der Waals surface area contributed by atoms with E-state index in [4.69, 9.17) is 8.83 Å². The summed E-state index contributed by atoms with van der Waals surface area (Å²) in [5.41, 5.74) is -1.06. The first kappa shape index (κ1) is 23.4. The lowest BCUT2D eigenvalue weighted by atomic mass is 9.87. The number of pyridine rings is 1. The summed E-state index contributed by atoms with van der Waals surface area (Å²) in [5.74, 6) is -2.08. The van der Waals surface area contributed by atoms with E-state index in [2.05, 4.69) is 36.8 Å².